The summed E-state index contributed by atoms with van der Waals surface area (Å²) in [5.74, 6) is -0.548. The van der Waals surface area contributed by atoms with Crippen LogP contribution in [0.2, 0.25) is 0 Å². The van der Waals surface area contributed by atoms with E-state index in [4.69, 9.17) is 0 Å². The van der Waals surface area contributed by atoms with Gasteiger partial charge in [-0.1, -0.05) is 55.8 Å². The van der Waals surface area contributed by atoms with Crippen LogP contribution in [-0.4, -0.2) is 10.5 Å². The Morgan fingerprint density at radius 2 is 1.62 bits per heavy atom. The number of aryl methyl sites for hydroxylation is 2. The zero-order valence-corrected chi connectivity index (χ0v) is 15.5. The average molecular weight is 346 g/mol. The molecule has 0 spiro atoms. The van der Waals surface area contributed by atoms with Crippen molar-refractivity contribution in [2.75, 3.05) is 0 Å². The van der Waals surface area contributed by atoms with Crippen LogP contribution in [0.15, 0.2) is 60.7 Å². The Bertz CT molecular complexity index is 887. The highest BCUT2D eigenvalue weighted by Crippen LogP contribution is 2.28. The molecule has 0 atom stereocenters. The predicted molar refractivity (Wildman–Crippen MR) is 103 cm³/mol. The standard InChI is InChI=1S/C23H25NO2/c1-16(2)18-8-10-20(11-9-18)24-21(13-15-23(25)26)12-14-22(24)19-6-4-17(3)5-7-19/h4-12,14,16H,13,15H2,1-3H3,(H,25,26)/p-1. The number of hydrogen-bond donors (Lipinski definition) is 0. The first-order chi connectivity index (χ1) is 12.5. The summed E-state index contributed by atoms with van der Waals surface area (Å²) in [6.07, 6.45) is 0.460. The lowest BCUT2D eigenvalue weighted by atomic mass is 10.0. The molecule has 0 fully saturated rings. The molecule has 0 N–H and O–H groups in total. The third-order valence-electron chi connectivity index (χ3n) is 4.71. The SMILES string of the molecule is Cc1ccc(-c2ccc(CCC(=O)[O-])n2-c2ccc(C(C)C)cc2)cc1. The van der Waals surface area contributed by atoms with Gasteiger partial charge in [0.25, 0.3) is 0 Å². The second kappa shape index (κ2) is 7.61. The van der Waals surface area contributed by atoms with Crippen molar-refractivity contribution < 1.29 is 9.90 Å². The van der Waals surface area contributed by atoms with Crippen LogP contribution in [0.1, 0.15) is 43.0 Å². The summed E-state index contributed by atoms with van der Waals surface area (Å²) in [6.45, 7) is 6.42. The van der Waals surface area contributed by atoms with Crippen LogP contribution in [0.25, 0.3) is 16.9 Å². The van der Waals surface area contributed by atoms with E-state index in [-0.39, 0.29) is 6.42 Å². The van der Waals surface area contributed by atoms with Gasteiger partial charge >= 0.3 is 0 Å². The van der Waals surface area contributed by atoms with Crippen molar-refractivity contribution in [2.45, 2.75) is 39.5 Å². The number of hydrogen-bond acceptors (Lipinski definition) is 2. The lowest BCUT2D eigenvalue weighted by Crippen LogP contribution is -2.22. The monoisotopic (exact) mass is 346 g/mol. The quantitative estimate of drug-likeness (QED) is 0.669. The molecule has 0 unspecified atom stereocenters. The molecule has 3 heteroatoms. The van der Waals surface area contributed by atoms with Gasteiger partial charge in [0.1, 0.15) is 0 Å². The number of rotatable bonds is 6. The molecule has 0 bridgehead atoms. The molecular formula is C23H24NO2-. The van der Waals surface area contributed by atoms with Crippen molar-refractivity contribution in [3.63, 3.8) is 0 Å². The molecular weight excluding hydrogens is 322 g/mol. The van der Waals surface area contributed by atoms with Gasteiger partial charge in [0.2, 0.25) is 0 Å². The van der Waals surface area contributed by atoms with E-state index in [1.807, 2.05) is 6.07 Å². The number of carboxylic acids is 1. The third-order valence-corrected chi connectivity index (χ3v) is 4.71. The molecule has 0 amide bonds. The molecule has 3 aromatic rings. The van der Waals surface area contributed by atoms with Gasteiger partial charge in [-0.25, -0.2) is 0 Å². The Labute approximate surface area is 154 Å². The molecule has 0 aliphatic heterocycles. The van der Waals surface area contributed by atoms with Crippen molar-refractivity contribution in [1.82, 2.24) is 4.57 Å². The predicted octanol–water partition coefficient (Wildman–Crippen LogP) is 4.26. The minimum atomic E-state index is -1.02. The summed E-state index contributed by atoms with van der Waals surface area (Å²) in [5, 5.41) is 10.9. The van der Waals surface area contributed by atoms with Crippen LogP contribution in [0, 0.1) is 6.92 Å². The number of aliphatic carboxylic acids is 1. The van der Waals surface area contributed by atoms with Crippen LogP contribution in [0.5, 0.6) is 0 Å². The van der Waals surface area contributed by atoms with Crippen molar-refractivity contribution >= 4 is 5.97 Å². The molecule has 2 aromatic carbocycles. The molecule has 0 aliphatic carbocycles. The lowest BCUT2D eigenvalue weighted by Gasteiger charge is -2.16. The second-order valence-electron chi connectivity index (χ2n) is 7.03. The summed E-state index contributed by atoms with van der Waals surface area (Å²) < 4.78 is 2.15. The number of carbonyl (C=O) groups is 1. The summed E-state index contributed by atoms with van der Waals surface area (Å²) >= 11 is 0. The maximum Gasteiger partial charge on any atom is 0.0531 e. The van der Waals surface area contributed by atoms with Gasteiger partial charge in [0.15, 0.2) is 0 Å². The molecule has 1 heterocycles. The lowest BCUT2D eigenvalue weighted by molar-refractivity contribution is -0.305. The average Bonchev–Trinajstić information content (AvgIpc) is 3.04. The van der Waals surface area contributed by atoms with Crippen LogP contribution in [0.3, 0.4) is 0 Å². The zero-order valence-electron chi connectivity index (χ0n) is 15.5. The first kappa shape index (κ1) is 18.0. The second-order valence-corrected chi connectivity index (χ2v) is 7.03. The highest BCUT2D eigenvalue weighted by Gasteiger charge is 2.12. The van der Waals surface area contributed by atoms with Gasteiger partial charge in [-0.05, 0) is 61.1 Å². The first-order valence-corrected chi connectivity index (χ1v) is 9.03. The maximum absolute atomic E-state index is 10.9. The smallest absolute Gasteiger partial charge is 0.0531 e. The van der Waals surface area contributed by atoms with E-state index in [0.717, 1.165) is 22.6 Å². The highest BCUT2D eigenvalue weighted by molar-refractivity contribution is 5.67. The van der Waals surface area contributed by atoms with E-state index in [1.54, 1.807) is 0 Å². The zero-order chi connectivity index (χ0) is 18.7. The topological polar surface area (TPSA) is 45.1 Å². The van der Waals surface area contributed by atoms with E-state index in [2.05, 4.69) is 79.9 Å². The van der Waals surface area contributed by atoms with Gasteiger partial charge in [0.05, 0.1) is 5.69 Å². The molecule has 26 heavy (non-hydrogen) atoms. The fourth-order valence-electron chi connectivity index (χ4n) is 3.17. The molecule has 0 radical (unpaired) electrons. The summed E-state index contributed by atoms with van der Waals surface area (Å²) in [6, 6.07) is 21.0. The van der Waals surface area contributed by atoms with E-state index >= 15 is 0 Å². The maximum atomic E-state index is 10.9. The summed E-state index contributed by atoms with van der Waals surface area (Å²) in [4.78, 5) is 10.9. The van der Waals surface area contributed by atoms with Crippen molar-refractivity contribution in [3.8, 4) is 16.9 Å². The Balaban J connectivity index is 2.07. The molecule has 0 saturated heterocycles. The van der Waals surface area contributed by atoms with E-state index in [1.165, 1.54) is 11.1 Å². The summed E-state index contributed by atoms with van der Waals surface area (Å²) in [7, 11) is 0. The number of aromatic nitrogens is 1. The fraction of sp³-hybridized carbons (Fsp3) is 0.261. The molecule has 1 aromatic heterocycles. The number of benzene rings is 2. The molecule has 0 aliphatic rings. The minimum Gasteiger partial charge on any atom is -0.550 e. The van der Waals surface area contributed by atoms with Gasteiger partial charge in [-0.2, -0.15) is 0 Å². The molecule has 3 nitrogen and oxygen atoms in total. The summed E-state index contributed by atoms with van der Waals surface area (Å²) in [5.41, 5.74) is 6.70. The van der Waals surface area contributed by atoms with Gasteiger partial charge in [-0.3, -0.25) is 0 Å². The molecule has 3 rings (SSSR count). The van der Waals surface area contributed by atoms with Crippen molar-refractivity contribution in [3.05, 3.63) is 77.5 Å². The normalized spacial score (nSPS) is 11.1. The van der Waals surface area contributed by atoms with Gasteiger partial charge < -0.3 is 14.5 Å². The van der Waals surface area contributed by atoms with Crippen LogP contribution < -0.4 is 5.11 Å². The van der Waals surface area contributed by atoms with Gasteiger partial charge in [0, 0.05) is 17.4 Å². The number of carboxylic acid groups (broad SMARTS) is 1. The van der Waals surface area contributed by atoms with Crippen LogP contribution >= 0.6 is 0 Å². The Morgan fingerprint density at radius 1 is 0.962 bits per heavy atom. The first-order valence-electron chi connectivity index (χ1n) is 9.03. The fourth-order valence-corrected chi connectivity index (χ4v) is 3.17. The van der Waals surface area contributed by atoms with Crippen LogP contribution in [-0.2, 0) is 11.2 Å². The molecule has 134 valence electrons. The highest BCUT2D eigenvalue weighted by atomic mass is 16.4. The minimum absolute atomic E-state index is 0.0153. The van der Waals surface area contributed by atoms with Gasteiger partial charge in [-0.15, -0.1) is 0 Å². The molecule has 0 saturated carbocycles. The Kier molecular flexibility index (Phi) is 5.27. The van der Waals surface area contributed by atoms with Crippen molar-refractivity contribution in [2.24, 2.45) is 0 Å². The third kappa shape index (κ3) is 3.88. The van der Waals surface area contributed by atoms with E-state index < -0.39 is 5.97 Å². The Hall–Kier alpha value is -2.81. The number of carbonyl (C=O) groups excluding carboxylic acids is 1. The van der Waals surface area contributed by atoms with Crippen molar-refractivity contribution in [1.29, 1.82) is 0 Å². The number of nitrogens with zero attached hydrogens (tertiary/aromatic N) is 1. The van der Waals surface area contributed by atoms with Crippen LogP contribution in [0.4, 0.5) is 0 Å². The largest absolute Gasteiger partial charge is 0.550 e. The van der Waals surface area contributed by atoms with E-state index in [9.17, 15) is 9.90 Å². The Morgan fingerprint density at radius 3 is 2.19 bits per heavy atom. The van der Waals surface area contributed by atoms with E-state index in [0.29, 0.717) is 12.3 Å².